The van der Waals surface area contributed by atoms with Crippen molar-refractivity contribution >= 4 is 37.1 Å². The quantitative estimate of drug-likeness (QED) is 0.581. The van der Waals surface area contributed by atoms with Crippen LogP contribution in [-0.4, -0.2) is 61.9 Å². The zero-order valence-corrected chi connectivity index (χ0v) is 18.6. The Hall–Kier alpha value is -2.14. The molecule has 1 aliphatic rings. The zero-order chi connectivity index (χ0) is 23.9. The summed E-state index contributed by atoms with van der Waals surface area (Å²) in [6.45, 7) is 4.41. The maximum Gasteiger partial charge on any atom is 0.263 e. The molecule has 0 radical (unpaired) electrons. The first-order valence-electron chi connectivity index (χ1n) is 8.99. The van der Waals surface area contributed by atoms with Crippen molar-refractivity contribution < 1.29 is 35.8 Å². The highest BCUT2D eigenvalue weighted by atomic mass is 35.5. The van der Waals surface area contributed by atoms with Crippen LogP contribution in [0.25, 0.3) is 4.85 Å². The van der Waals surface area contributed by atoms with Crippen LogP contribution in [0.15, 0.2) is 52.3 Å². The van der Waals surface area contributed by atoms with Crippen LogP contribution in [-0.2, 0) is 19.9 Å². The predicted octanol–water partition coefficient (Wildman–Crippen LogP) is 2.40. The summed E-state index contributed by atoms with van der Waals surface area (Å²) >= 11 is 5.90. The summed E-state index contributed by atoms with van der Waals surface area (Å²) < 4.78 is 78.7. The predicted molar refractivity (Wildman–Crippen MR) is 111 cm³/mol. The number of β-amino-alcohol motifs (C(OH)–C–C–N with tert-alkyl or cyclic N) is 1. The molecule has 0 bridgehead atoms. The maximum atomic E-state index is 13.1. The van der Waals surface area contributed by atoms with Gasteiger partial charge in [-0.2, -0.15) is 4.31 Å². The van der Waals surface area contributed by atoms with Gasteiger partial charge in [0.25, 0.3) is 6.43 Å². The third kappa shape index (κ3) is 4.24. The number of hydrogen-bond donors (Lipinski definition) is 2. The van der Waals surface area contributed by atoms with Crippen molar-refractivity contribution in [1.29, 1.82) is 0 Å². The molecule has 0 aliphatic carbocycles. The third-order valence-electron chi connectivity index (χ3n) is 5.19. The summed E-state index contributed by atoms with van der Waals surface area (Å²) in [6.07, 6.45) is -2.88. The lowest BCUT2D eigenvalue weighted by Gasteiger charge is -2.26. The first-order chi connectivity index (χ1) is 14.9. The van der Waals surface area contributed by atoms with Gasteiger partial charge in [0.2, 0.25) is 10.0 Å². The van der Waals surface area contributed by atoms with E-state index in [0.29, 0.717) is 4.31 Å². The summed E-state index contributed by atoms with van der Waals surface area (Å²) in [5, 5.41) is 18.3. The van der Waals surface area contributed by atoms with Gasteiger partial charge in [-0.3, -0.25) is 0 Å². The lowest BCUT2D eigenvalue weighted by atomic mass is 10.1. The van der Waals surface area contributed by atoms with Crippen molar-refractivity contribution in [3.8, 4) is 0 Å². The van der Waals surface area contributed by atoms with E-state index in [1.54, 1.807) is 0 Å². The molecule has 0 unspecified atom stereocenters. The van der Waals surface area contributed by atoms with Gasteiger partial charge in [0.15, 0.2) is 15.5 Å². The van der Waals surface area contributed by atoms with Crippen molar-refractivity contribution in [2.45, 2.75) is 27.1 Å². The molecule has 2 aromatic rings. The van der Waals surface area contributed by atoms with E-state index in [1.165, 1.54) is 12.1 Å². The van der Waals surface area contributed by atoms with E-state index >= 15 is 0 Å². The van der Waals surface area contributed by atoms with Gasteiger partial charge in [-0.1, -0.05) is 41.9 Å². The average molecular weight is 507 g/mol. The minimum absolute atomic E-state index is 0.180. The molecule has 2 N–H and O–H groups in total. The smallest absolute Gasteiger partial charge is 0.263 e. The van der Waals surface area contributed by atoms with E-state index in [0.717, 1.165) is 30.3 Å². The third-order valence-corrected chi connectivity index (χ3v) is 9.75. The zero-order valence-electron chi connectivity index (χ0n) is 16.2. The van der Waals surface area contributed by atoms with E-state index in [2.05, 4.69) is 4.85 Å². The van der Waals surface area contributed by atoms with E-state index in [1.807, 2.05) is 0 Å². The topological polar surface area (TPSA) is 116 Å². The van der Waals surface area contributed by atoms with Gasteiger partial charge in [-0.05, 0) is 12.1 Å². The largest absolute Gasteiger partial charge is 0.393 e. The van der Waals surface area contributed by atoms with Gasteiger partial charge in [0.1, 0.15) is 15.7 Å². The number of aliphatic hydroxyl groups excluding tert-OH is 1. The normalized spacial score (nSPS) is 22.2. The molecule has 1 aliphatic heterocycles. The Labute approximate surface area is 188 Å². The SMILES string of the molecule is [C-]#[N+]c1ccc(S(=O)(=O)[C@H]2CN(S(=O)(=O)c3ccc(C(F)F)cc3Cl)C[C@@]2(O)CO)cc1. The number of benzene rings is 2. The summed E-state index contributed by atoms with van der Waals surface area (Å²) in [5.74, 6) is 0. The number of halogens is 3. The van der Waals surface area contributed by atoms with E-state index in [9.17, 15) is 35.8 Å². The molecule has 2 aromatic carbocycles. The van der Waals surface area contributed by atoms with Crippen molar-refractivity contribution in [1.82, 2.24) is 4.31 Å². The van der Waals surface area contributed by atoms with Gasteiger partial charge in [-0.25, -0.2) is 30.5 Å². The van der Waals surface area contributed by atoms with Crippen LogP contribution in [0, 0.1) is 6.57 Å². The van der Waals surface area contributed by atoms with E-state index in [-0.39, 0.29) is 10.6 Å². The second kappa shape index (κ2) is 8.66. The summed E-state index contributed by atoms with van der Waals surface area (Å²) in [6, 6.07) is 7.36. The monoisotopic (exact) mass is 506 g/mol. The first kappa shape index (κ1) is 24.5. The van der Waals surface area contributed by atoms with Crippen molar-refractivity contribution in [3.05, 3.63) is 64.5 Å². The highest BCUT2D eigenvalue weighted by molar-refractivity contribution is 7.92. The molecule has 0 saturated carbocycles. The van der Waals surface area contributed by atoms with Crippen molar-refractivity contribution in [2.24, 2.45) is 0 Å². The number of sulfonamides is 1. The molecule has 1 fully saturated rings. The second-order valence-corrected chi connectivity index (χ2v) is 11.6. The van der Waals surface area contributed by atoms with Gasteiger partial charge in [-0.15, -0.1) is 0 Å². The Morgan fingerprint density at radius 1 is 1.19 bits per heavy atom. The fourth-order valence-corrected chi connectivity index (χ4v) is 7.51. The van der Waals surface area contributed by atoms with Crippen molar-refractivity contribution in [3.63, 3.8) is 0 Å². The number of alkyl halides is 2. The van der Waals surface area contributed by atoms with Crippen LogP contribution in [0.4, 0.5) is 14.5 Å². The molecule has 13 heteroatoms. The van der Waals surface area contributed by atoms with Crippen LogP contribution in [0.2, 0.25) is 5.02 Å². The molecule has 172 valence electrons. The van der Waals surface area contributed by atoms with Gasteiger partial charge < -0.3 is 10.2 Å². The number of aliphatic hydroxyl groups is 2. The molecular weight excluding hydrogens is 490 g/mol. The van der Waals surface area contributed by atoms with Gasteiger partial charge >= 0.3 is 0 Å². The number of rotatable bonds is 6. The highest BCUT2D eigenvalue weighted by Crippen LogP contribution is 2.37. The summed E-state index contributed by atoms with van der Waals surface area (Å²) in [7, 11) is -8.84. The van der Waals surface area contributed by atoms with Crippen LogP contribution in [0.5, 0.6) is 0 Å². The standard InChI is InChI=1S/C19H17ClF2N2O6S2/c1-23-13-3-5-14(6-4-13)31(27,28)17-9-24(10-19(17,26)11-25)32(29,30)16-7-2-12(18(21)22)8-15(16)20/h2-8,17-18,25-26H,9-11H2/t17-,19+/m0/s1. The van der Waals surface area contributed by atoms with E-state index in [4.69, 9.17) is 18.2 Å². The van der Waals surface area contributed by atoms with E-state index < -0.39 is 72.3 Å². The molecule has 0 amide bonds. The number of nitrogens with zero attached hydrogens (tertiary/aromatic N) is 2. The Morgan fingerprint density at radius 3 is 2.31 bits per heavy atom. The molecule has 1 saturated heterocycles. The Morgan fingerprint density at radius 2 is 1.81 bits per heavy atom. The summed E-state index contributed by atoms with van der Waals surface area (Å²) in [5.41, 5.74) is -2.65. The summed E-state index contributed by atoms with van der Waals surface area (Å²) in [4.78, 5) is 2.36. The maximum absolute atomic E-state index is 13.1. The van der Waals surface area contributed by atoms with Gasteiger partial charge in [0.05, 0.1) is 23.1 Å². The fourth-order valence-electron chi connectivity index (χ4n) is 3.42. The van der Waals surface area contributed by atoms with Crippen LogP contribution < -0.4 is 0 Å². The Balaban J connectivity index is 2.00. The Kier molecular flexibility index (Phi) is 6.63. The molecule has 1 heterocycles. The average Bonchev–Trinajstić information content (AvgIpc) is 3.13. The highest BCUT2D eigenvalue weighted by Gasteiger charge is 2.55. The molecule has 8 nitrogen and oxygen atoms in total. The lowest BCUT2D eigenvalue weighted by molar-refractivity contribution is 0.00160. The molecule has 32 heavy (non-hydrogen) atoms. The number of hydrogen-bond acceptors (Lipinski definition) is 6. The lowest BCUT2D eigenvalue weighted by Crippen LogP contribution is -2.49. The van der Waals surface area contributed by atoms with Crippen LogP contribution in [0.3, 0.4) is 0 Å². The van der Waals surface area contributed by atoms with Gasteiger partial charge in [0, 0.05) is 18.7 Å². The molecular formula is C19H17ClF2N2O6S2. The molecule has 0 spiro atoms. The molecule has 3 rings (SSSR count). The minimum atomic E-state index is -4.50. The molecule has 2 atom stereocenters. The first-order valence-corrected chi connectivity index (χ1v) is 12.4. The molecule has 0 aromatic heterocycles. The van der Waals surface area contributed by atoms with Crippen molar-refractivity contribution in [2.75, 3.05) is 19.7 Å². The Bertz CT molecular complexity index is 1280. The van der Waals surface area contributed by atoms with Crippen LogP contribution >= 0.6 is 11.6 Å². The second-order valence-electron chi connectivity index (χ2n) is 7.19. The number of sulfone groups is 1. The minimum Gasteiger partial charge on any atom is -0.393 e. The fraction of sp³-hybridized carbons (Fsp3) is 0.316. The van der Waals surface area contributed by atoms with Crippen LogP contribution in [0.1, 0.15) is 12.0 Å².